The number of benzene rings is 1. The van der Waals surface area contributed by atoms with E-state index in [2.05, 4.69) is 27.0 Å². The summed E-state index contributed by atoms with van der Waals surface area (Å²) < 4.78 is 19.8. The summed E-state index contributed by atoms with van der Waals surface area (Å²) in [5.74, 6) is -1.74. The molecule has 0 spiro atoms. The number of fused-ring (bicyclic) bond motifs is 1. The van der Waals surface area contributed by atoms with Gasteiger partial charge in [-0.15, -0.1) is 0 Å². The van der Waals surface area contributed by atoms with Crippen LogP contribution in [0.2, 0.25) is 5.02 Å². The van der Waals surface area contributed by atoms with E-state index in [1.54, 1.807) is 0 Å². The summed E-state index contributed by atoms with van der Waals surface area (Å²) in [6.45, 7) is 3.82. The number of nitriles is 1. The zero-order valence-corrected chi connectivity index (χ0v) is 21.1. The van der Waals surface area contributed by atoms with Gasteiger partial charge in [0, 0.05) is 22.9 Å². The monoisotopic (exact) mass is 517 g/mol. The molecule has 2 fully saturated rings. The van der Waals surface area contributed by atoms with E-state index in [4.69, 9.17) is 16.3 Å². The van der Waals surface area contributed by atoms with Crippen LogP contribution in [0.1, 0.15) is 56.4 Å². The van der Waals surface area contributed by atoms with Gasteiger partial charge in [-0.25, -0.2) is 4.39 Å². The minimum atomic E-state index is -0.892. The summed E-state index contributed by atoms with van der Waals surface area (Å²) >= 11 is 5.92. The Morgan fingerprint density at radius 1 is 1.31 bits per heavy atom. The Balaban J connectivity index is 1.48. The standard InChI is InChI=1S/C25H29ClFN5O4/c1-25(2)10-13(22(33)32-25)7-14(11-28)29-23(34)17(6-12-4-5-12)31-24(35)18-8-15-19(36-3)9-16(26)20(27)21(15)30-18/h8-9,12-14,17,30H,4-7,10H2,1-3H3,(H,29,34)(H,31,35)(H,32,33)/t13?,14-,17?/m0/s1. The van der Waals surface area contributed by atoms with Gasteiger partial charge < -0.3 is 25.7 Å². The lowest BCUT2D eigenvalue weighted by Gasteiger charge is -2.21. The highest BCUT2D eigenvalue weighted by molar-refractivity contribution is 6.31. The molecule has 2 aromatic rings. The van der Waals surface area contributed by atoms with Crippen LogP contribution < -0.4 is 20.7 Å². The number of halogens is 2. The molecule has 2 aliphatic rings. The van der Waals surface area contributed by atoms with Crippen LogP contribution in [-0.2, 0) is 9.59 Å². The van der Waals surface area contributed by atoms with Crippen molar-refractivity contribution in [2.24, 2.45) is 11.8 Å². The van der Waals surface area contributed by atoms with Crippen LogP contribution in [0.15, 0.2) is 12.1 Å². The van der Waals surface area contributed by atoms with Crippen LogP contribution in [0.5, 0.6) is 5.75 Å². The fourth-order valence-corrected chi connectivity index (χ4v) is 4.92. The van der Waals surface area contributed by atoms with Gasteiger partial charge >= 0.3 is 0 Å². The van der Waals surface area contributed by atoms with E-state index < -0.39 is 29.7 Å². The third-order valence-corrected chi connectivity index (χ3v) is 6.98. The number of H-pyrrole nitrogens is 1. The molecule has 1 saturated heterocycles. The number of methoxy groups -OCH3 is 1. The molecule has 1 aromatic heterocycles. The third-order valence-electron chi connectivity index (χ3n) is 6.70. The van der Waals surface area contributed by atoms with E-state index in [1.807, 2.05) is 13.8 Å². The number of hydrogen-bond donors (Lipinski definition) is 4. The summed E-state index contributed by atoms with van der Waals surface area (Å²) in [5, 5.41) is 18.1. The van der Waals surface area contributed by atoms with Gasteiger partial charge in [-0.2, -0.15) is 5.26 Å². The molecule has 36 heavy (non-hydrogen) atoms. The molecule has 2 unspecified atom stereocenters. The number of ether oxygens (including phenoxy) is 1. The second kappa shape index (κ2) is 9.97. The Morgan fingerprint density at radius 3 is 2.61 bits per heavy atom. The maximum absolute atomic E-state index is 14.5. The van der Waals surface area contributed by atoms with Crippen molar-refractivity contribution >= 4 is 40.2 Å². The topological polar surface area (TPSA) is 136 Å². The Hall–Kier alpha value is -3.32. The van der Waals surface area contributed by atoms with Gasteiger partial charge in [0.15, 0.2) is 5.82 Å². The van der Waals surface area contributed by atoms with Gasteiger partial charge in [-0.3, -0.25) is 14.4 Å². The number of carbonyl (C=O) groups excluding carboxylic acids is 3. The van der Waals surface area contributed by atoms with Gasteiger partial charge in [0.2, 0.25) is 11.8 Å². The lowest BCUT2D eigenvalue weighted by molar-refractivity contribution is -0.125. The van der Waals surface area contributed by atoms with Gasteiger partial charge in [0.1, 0.15) is 23.5 Å². The van der Waals surface area contributed by atoms with Gasteiger partial charge in [-0.05, 0) is 45.1 Å². The smallest absolute Gasteiger partial charge is 0.268 e. The maximum Gasteiger partial charge on any atom is 0.268 e. The highest BCUT2D eigenvalue weighted by atomic mass is 35.5. The van der Waals surface area contributed by atoms with Gasteiger partial charge in [0.25, 0.3) is 5.91 Å². The first-order chi connectivity index (χ1) is 17.0. The maximum atomic E-state index is 14.5. The Kier molecular flexibility index (Phi) is 7.14. The van der Waals surface area contributed by atoms with Crippen molar-refractivity contribution < 1.29 is 23.5 Å². The van der Waals surface area contributed by atoms with E-state index in [1.165, 1.54) is 19.2 Å². The average molecular weight is 518 g/mol. The lowest BCUT2D eigenvalue weighted by Crippen LogP contribution is -2.50. The lowest BCUT2D eigenvalue weighted by atomic mass is 9.92. The van der Waals surface area contributed by atoms with E-state index in [-0.39, 0.29) is 40.0 Å². The van der Waals surface area contributed by atoms with Crippen LogP contribution >= 0.6 is 11.6 Å². The van der Waals surface area contributed by atoms with Crippen LogP contribution in [0.25, 0.3) is 10.9 Å². The molecule has 3 amide bonds. The summed E-state index contributed by atoms with van der Waals surface area (Å²) in [4.78, 5) is 41.1. The number of aromatic nitrogens is 1. The van der Waals surface area contributed by atoms with E-state index in [9.17, 15) is 24.0 Å². The normalized spacial score (nSPS) is 20.3. The highest BCUT2D eigenvalue weighted by Crippen LogP contribution is 2.35. The summed E-state index contributed by atoms with van der Waals surface area (Å²) in [6.07, 6.45) is 3.06. The molecule has 1 aromatic carbocycles. The predicted molar refractivity (Wildman–Crippen MR) is 131 cm³/mol. The summed E-state index contributed by atoms with van der Waals surface area (Å²) in [5.41, 5.74) is -0.296. The molecule has 192 valence electrons. The molecule has 0 bridgehead atoms. The number of nitrogens with zero attached hydrogens (tertiary/aromatic N) is 1. The third kappa shape index (κ3) is 5.57. The number of hydrogen-bond acceptors (Lipinski definition) is 5. The zero-order valence-electron chi connectivity index (χ0n) is 20.3. The minimum absolute atomic E-state index is 0.0232. The SMILES string of the molecule is COc1cc(Cl)c(F)c2[nH]c(C(=O)NC(CC3CC3)C(=O)N[C@H](C#N)CC3CC(C)(C)NC3=O)cc12. The van der Waals surface area contributed by atoms with Crippen molar-refractivity contribution in [3.63, 3.8) is 0 Å². The number of rotatable bonds is 9. The molecule has 4 rings (SSSR count). The largest absolute Gasteiger partial charge is 0.496 e. The number of carbonyl (C=O) groups is 3. The Morgan fingerprint density at radius 2 is 2.03 bits per heavy atom. The molecular weight excluding hydrogens is 489 g/mol. The first-order valence-electron chi connectivity index (χ1n) is 11.9. The van der Waals surface area contributed by atoms with Crippen molar-refractivity contribution in [3.05, 3.63) is 28.7 Å². The average Bonchev–Trinajstić information content (AvgIpc) is 3.45. The molecule has 1 saturated carbocycles. The number of amides is 3. The fourth-order valence-electron chi connectivity index (χ4n) is 4.73. The Bertz CT molecular complexity index is 1250. The Labute approximate surface area is 213 Å². The first-order valence-corrected chi connectivity index (χ1v) is 12.3. The van der Waals surface area contributed by atoms with Crippen molar-refractivity contribution in [1.29, 1.82) is 5.26 Å². The highest BCUT2D eigenvalue weighted by Gasteiger charge is 2.39. The molecule has 11 heteroatoms. The number of aromatic amines is 1. The molecule has 4 N–H and O–H groups in total. The van der Waals surface area contributed by atoms with Crippen molar-refractivity contribution in [2.45, 2.75) is 63.6 Å². The van der Waals surface area contributed by atoms with Crippen molar-refractivity contribution in [3.8, 4) is 11.8 Å². The van der Waals surface area contributed by atoms with Crippen molar-refractivity contribution in [1.82, 2.24) is 20.9 Å². The molecule has 3 atom stereocenters. The quantitative estimate of drug-likeness (QED) is 0.405. The van der Waals surface area contributed by atoms with Gasteiger partial charge in [-0.1, -0.05) is 24.4 Å². The minimum Gasteiger partial charge on any atom is -0.496 e. The van der Waals surface area contributed by atoms with Crippen LogP contribution in [0.4, 0.5) is 4.39 Å². The fraction of sp³-hybridized carbons (Fsp3) is 0.520. The predicted octanol–water partition coefficient (Wildman–Crippen LogP) is 3.18. The zero-order chi connectivity index (χ0) is 26.2. The molecule has 1 aliphatic carbocycles. The molecule has 2 heterocycles. The molecule has 0 radical (unpaired) electrons. The summed E-state index contributed by atoms with van der Waals surface area (Å²) in [6, 6.07) is 3.05. The first kappa shape index (κ1) is 25.8. The molecule has 1 aliphatic heterocycles. The van der Waals surface area contributed by atoms with Crippen LogP contribution in [-0.4, -0.2) is 47.4 Å². The second-order valence-corrected chi connectivity index (χ2v) is 10.7. The molecule has 9 nitrogen and oxygen atoms in total. The van der Waals surface area contributed by atoms with E-state index in [0.29, 0.717) is 29.9 Å². The number of nitrogens with one attached hydrogen (secondary N) is 4. The van der Waals surface area contributed by atoms with Crippen molar-refractivity contribution in [2.75, 3.05) is 7.11 Å². The van der Waals surface area contributed by atoms with Gasteiger partial charge in [0.05, 0.1) is 23.7 Å². The second-order valence-electron chi connectivity index (χ2n) is 10.3. The summed E-state index contributed by atoms with van der Waals surface area (Å²) in [7, 11) is 1.41. The van der Waals surface area contributed by atoms with E-state index in [0.717, 1.165) is 12.8 Å². The van der Waals surface area contributed by atoms with Crippen LogP contribution in [0, 0.1) is 29.0 Å². The van der Waals surface area contributed by atoms with E-state index >= 15 is 0 Å². The van der Waals surface area contributed by atoms with Crippen LogP contribution in [0.3, 0.4) is 0 Å². The molecular formula is C25H29ClFN5O4.